The van der Waals surface area contributed by atoms with E-state index in [2.05, 4.69) is 11.5 Å². The van der Waals surface area contributed by atoms with E-state index < -0.39 is 30.6 Å². The van der Waals surface area contributed by atoms with E-state index in [9.17, 15) is 20.2 Å². The summed E-state index contributed by atoms with van der Waals surface area (Å²) in [6.07, 6.45) is 0. The van der Waals surface area contributed by atoms with Crippen LogP contribution in [0.4, 0.5) is 22.7 Å². The van der Waals surface area contributed by atoms with Crippen LogP contribution in [0.15, 0.2) is 36.4 Å². The van der Waals surface area contributed by atoms with Crippen molar-refractivity contribution >= 4 is 43.5 Å². The number of nitro benzene ring substituents is 2. The standard InChI is InChI=1S/2C7H8N2O2.2H2O4S/c2*1-5-2-3-6(9(10)11)4-7(5)8;2*1-5(2,3)4/h2*2-4H,8H2,1H3;2*(H2,1,2,3,4). The summed E-state index contributed by atoms with van der Waals surface area (Å²) in [5.74, 6) is 0. The molecule has 2 aromatic rings. The normalized spacial score (nSPS) is 10.2. The van der Waals surface area contributed by atoms with Gasteiger partial charge in [-0.3, -0.25) is 29.3 Å². The van der Waals surface area contributed by atoms with Crippen LogP contribution in [0.3, 0.4) is 0 Å². The van der Waals surface area contributed by atoms with E-state index in [1.54, 1.807) is 12.1 Å². The lowest BCUT2D eigenvalue weighted by molar-refractivity contribution is -0.385. The van der Waals surface area contributed by atoms with E-state index in [1.807, 2.05) is 13.8 Å². The number of nitro groups is 2. The predicted octanol–water partition coefficient (Wildman–Crippen LogP) is -0.438. The SMILES string of the molecule is Cc1ccc([N+](=O)[O-])cc1[NH3+].Cc1ccc([N+](=O)[O-])cc1[NH3+].O=S(=O)([O-])O.O=S(=O)([O-])O. The minimum absolute atomic E-state index is 0.0978. The van der Waals surface area contributed by atoms with Crippen molar-refractivity contribution < 1.29 is 56.4 Å². The first-order valence-electron chi connectivity index (χ1n) is 7.73. The van der Waals surface area contributed by atoms with Crippen molar-refractivity contribution in [3.63, 3.8) is 0 Å². The van der Waals surface area contributed by atoms with Gasteiger partial charge in [0, 0.05) is 23.3 Å². The van der Waals surface area contributed by atoms with Gasteiger partial charge >= 0.3 is 0 Å². The van der Waals surface area contributed by atoms with Crippen LogP contribution in [0.2, 0.25) is 0 Å². The maximum Gasteiger partial charge on any atom is 0.275 e. The Hall–Kier alpha value is -3.10. The number of aryl methyl sites for hydroxylation is 2. The zero-order valence-corrected chi connectivity index (χ0v) is 18.2. The number of benzene rings is 2. The molecule has 0 aliphatic carbocycles. The highest BCUT2D eigenvalue weighted by Crippen LogP contribution is 2.17. The topological polar surface area (TPSA) is 296 Å². The van der Waals surface area contributed by atoms with Gasteiger partial charge in [-0.05, 0) is 26.0 Å². The lowest BCUT2D eigenvalue weighted by Gasteiger charge is -1.93. The van der Waals surface area contributed by atoms with Gasteiger partial charge in [-0.15, -0.1) is 0 Å². The summed E-state index contributed by atoms with van der Waals surface area (Å²) < 4.78 is 65.7. The molecule has 0 amide bonds. The van der Waals surface area contributed by atoms with E-state index in [-0.39, 0.29) is 11.4 Å². The summed E-state index contributed by atoms with van der Waals surface area (Å²) in [6, 6.07) is 9.28. The van der Waals surface area contributed by atoms with Gasteiger partial charge in [-0.2, -0.15) is 0 Å². The number of non-ortho nitro benzene ring substituents is 2. The van der Waals surface area contributed by atoms with Crippen LogP contribution in [-0.4, -0.2) is 44.9 Å². The van der Waals surface area contributed by atoms with E-state index in [1.165, 1.54) is 24.3 Å². The lowest BCUT2D eigenvalue weighted by atomic mass is 10.2. The fraction of sp³-hybridized carbons (Fsp3) is 0.143. The van der Waals surface area contributed by atoms with E-state index in [4.69, 9.17) is 35.0 Å². The summed E-state index contributed by atoms with van der Waals surface area (Å²) in [5, 5.41) is 20.5. The van der Waals surface area contributed by atoms with Crippen LogP contribution in [0.5, 0.6) is 0 Å². The van der Waals surface area contributed by atoms with Gasteiger partial charge in [0.15, 0.2) is 0 Å². The second kappa shape index (κ2) is 13.3. The van der Waals surface area contributed by atoms with Crippen molar-refractivity contribution in [3.05, 3.63) is 67.8 Å². The summed E-state index contributed by atoms with van der Waals surface area (Å²) in [5.41, 5.74) is 10.9. The van der Waals surface area contributed by atoms with Crippen molar-refractivity contribution in [2.75, 3.05) is 0 Å². The van der Waals surface area contributed by atoms with Crippen molar-refractivity contribution in [2.45, 2.75) is 13.8 Å². The molecule has 8 N–H and O–H groups in total. The van der Waals surface area contributed by atoms with Gasteiger partial charge in [0.2, 0.25) is 20.8 Å². The van der Waals surface area contributed by atoms with Crippen molar-refractivity contribution in [1.29, 1.82) is 0 Å². The highest BCUT2D eigenvalue weighted by atomic mass is 32.3. The van der Waals surface area contributed by atoms with Crippen LogP contribution in [0.25, 0.3) is 0 Å². The molecule has 18 heteroatoms. The van der Waals surface area contributed by atoms with Crippen molar-refractivity contribution in [3.8, 4) is 0 Å². The zero-order valence-electron chi connectivity index (χ0n) is 16.6. The largest absolute Gasteiger partial charge is 0.726 e. The molecule has 0 unspecified atom stereocenters. The van der Waals surface area contributed by atoms with Gasteiger partial charge in [0.05, 0.1) is 22.0 Å². The molecule has 0 aliphatic heterocycles. The maximum atomic E-state index is 10.2. The number of quaternary nitrogens is 2. The molecule has 32 heavy (non-hydrogen) atoms. The molecule has 0 atom stereocenters. The molecule has 0 spiro atoms. The molecule has 0 heterocycles. The Kier molecular flexibility index (Phi) is 13.0. The first-order chi connectivity index (χ1) is 14.2. The van der Waals surface area contributed by atoms with Crippen LogP contribution >= 0.6 is 0 Å². The third-order valence-electron chi connectivity index (χ3n) is 3.09. The van der Waals surface area contributed by atoms with Crippen LogP contribution < -0.4 is 11.5 Å². The number of nitrogens with zero attached hydrogens (tertiary/aromatic N) is 2. The Labute approximate surface area is 181 Å². The lowest BCUT2D eigenvalue weighted by Crippen LogP contribution is -2.41. The second-order valence-corrected chi connectivity index (χ2v) is 7.30. The van der Waals surface area contributed by atoms with Crippen molar-refractivity contribution in [1.82, 2.24) is 0 Å². The van der Waals surface area contributed by atoms with E-state index in [0.29, 0.717) is 11.4 Å². The fourth-order valence-electron chi connectivity index (χ4n) is 1.54. The molecule has 0 aliphatic rings. The molecule has 0 fully saturated rings. The number of hydrogen-bond acceptors (Lipinski definition) is 10. The molecule has 2 rings (SSSR count). The minimum Gasteiger partial charge on any atom is -0.726 e. The van der Waals surface area contributed by atoms with Crippen LogP contribution in [0.1, 0.15) is 11.1 Å². The Morgan fingerprint density at radius 2 is 0.938 bits per heavy atom. The first kappa shape index (κ1) is 31.1. The monoisotopic (exact) mass is 500 g/mol. The predicted molar refractivity (Wildman–Crippen MR) is 105 cm³/mol. The van der Waals surface area contributed by atoms with Gasteiger partial charge in [0.25, 0.3) is 11.4 Å². The van der Waals surface area contributed by atoms with Gasteiger partial charge < -0.3 is 20.6 Å². The molecule has 0 aromatic heterocycles. The highest BCUT2D eigenvalue weighted by molar-refractivity contribution is 7.80. The first-order valence-corrected chi connectivity index (χ1v) is 10.5. The quantitative estimate of drug-likeness (QED) is 0.176. The molecular formula is C14H20N4O12S2. The van der Waals surface area contributed by atoms with Crippen molar-refractivity contribution in [2.24, 2.45) is 0 Å². The summed E-state index contributed by atoms with van der Waals surface area (Å²) >= 11 is 0. The summed E-state index contributed by atoms with van der Waals surface area (Å²) in [7, 11) is -9.83. The van der Waals surface area contributed by atoms with E-state index in [0.717, 1.165) is 11.1 Å². The number of hydrogen-bond donors (Lipinski definition) is 4. The zero-order chi connectivity index (χ0) is 25.9. The average molecular weight is 500 g/mol. The summed E-state index contributed by atoms with van der Waals surface area (Å²) in [6.45, 7) is 3.73. The molecule has 16 nitrogen and oxygen atoms in total. The van der Waals surface area contributed by atoms with Gasteiger partial charge in [-0.1, -0.05) is 0 Å². The minimum atomic E-state index is -4.92. The molecule has 0 saturated heterocycles. The highest BCUT2D eigenvalue weighted by Gasteiger charge is 2.08. The molecule has 0 bridgehead atoms. The fourth-order valence-corrected chi connectivity index (χ4v) is 1.54. The van der Waals surface area contributed by atoms with Crippen LogP contribution in [-0.2, 0) is 20.8 Å². The van der Waals surface area contributed by atoms with Gasteiger partial charge in [-0.25, -0.2) is 16.8 Å². The molecule has 2 aromatic carbocycles. The smallest absolute Gasteiger partial charge is 0.275 e. The third-order valence-corrected chi connectivity index (χ3v) is 3.09. The molecule has 0 saturated carbocycles. The average Bonchev–Trinajstić information content (AvgIpc) is 2.57. The molecule has 0 radical (unpaired) electrons. The Balaban J connectivity index is 0. The Bertz CT molecular complexity index is 1040. The molecular weight excluding hydrogens is 480 g/mol. The Morgan fingerprint density at radius 3 is 1.09 bits per heavy atom. The van der Waals surface area contributed by atoms with E-state index >= 15 is 0 Å². The van der Waals surface area contributed by atoms with Crippen LogP contribution in [0, 0.1) is 34.1 Å². The summed E-state index contributed by atoms with van der Waals surface area (Å²) in [4.78, 5) is 19.6. The van der Waals surface area contributed by atoms with Gasteiger partial charge in [0.1, 0.15) is 11.4 Å². The maximum absolute atomic E-state index is 10.2. The third kappa shape index (κ3) is 18.9. The second-order valence-electron chi connectivity index (χ2n) is 5.59. The number of rotatable bonds is 2. The Morgan fingerprint density at radius 1 is 0.719 bits per heavy atom. The molecule has 180 valence electrons.